The van der Waals surface area contributed by atoms with Gasteiger partial charge >= 0.3 is 0 Å². The maximum atomic E-state index is 11.7. The van der Waals surface area contributed by atoms with E-state index >= 15 is 0 Å². The molecule has 0 aromatic heterocycles. The molecule has 1 saturated heterocycles. The molecule has 0 aliphatic carbocycles. The van der Waals surface area contributed by atoms with Crippen molar-refractivity contribution in [3.8, 4) is 0 Å². The highest BCUT2D eigenvalue weighted by atomic mass is 32.2. The lowest BCUT2D eigenvalue weighted by molar-refractivity contribution is 0.339. The quantitative estimate of drug-likeness (QED) is 0.862. The van der Waals surface area contributed by atoms with Crippen LogP contribution in [0.2, 0.25) is 0 Å². The van der Waals surface area contributed by atoms with Gasteiger partial charge in [-0.15, -0.1) is 0 Å². The molecule has 1 aromatic rings. The zero-order valence-corrected chi connectivity index (χ0v) is 14.1. The van der Waals surface area contributed by atoms with Gasteiger partial charge in [0, 0.05) is 18.3 Å². The van der Waals surface area contributed by atoms with Crippen molar-refractivity contribution in [3.05, 3.63) is 29.8 Å². The summed E-state index contributed by atoms with van der Waals surface area (Å²) >= 11 is 5.49. The molecular weight excluding hydrogens is 304 g/mol. The minimum atomic E-state index is -2.90. The molecule has 0 unspecified atom stereocenters. The summed E-state index contributed by atoms with van der Waals surface area (Å²) in [6, 6.07) is 8.01. The third kappa shape index (κ3) is 4.41. The number of nitrogens with zero attached hydrogens (tertiary/aromatic N) is 1. The van der Waals surface area contributed by atoms with Crippen molar-refractivity contribution in [2.24, 2.45) is 0 Å². The Morgan fingerprint density at radius 1 is 1.38 bits per heavy atom. The Balaban J connectivity index is 2.07. The molecule has 0 saturated carbocycles. The predicted molar refractivity (Wildman–Crippen MR) is 91.5 cm³/mol. The summed E-state index contributed by atoms with van der Waals surface area (Å²) in [4.78, 5) is 2.03. The van der Waals surface area contributed by atoms with Gasteiger partial charge in [0.1, 0.15) is 0 Å². The van der Waals surface area contributed by atoms with E-state index < -0.39 is 9.84 Å². The molecule has 1 heterocycles. The number of hydrogen-bond acceptors (Lipinski definition) is 3. The summed E-state index contributed by atoms with van der Waals surface area (Å²) in [7, 11) is -2.90. The van der Waals surface area contributed by atoms with Gasteiger partial charge in [-0.25, -0.2) is 8.42 Å². The summed E-state index contributed by atoms with van der Waals surface area (Å²) in [5.74, 6) is 0.480. The number of rotatable bonds is 4. The Kier molecular flexibility index (Phi) is 5.22. The summed E-state index contributed by atoms with van der Waals surface area (Å²) in [6.07, 6.45) is 1.60. The van der Waals surface area contributed by atoms with Crippen LogP contribution in [0.5, 0.6) is 0 Å². The van der Waals surface area contributed by atoms with E-state index in [1.807, 2.05) is 36.1 Å². The first-order valence-electron chi connectivity index (χ1n) is 7.26. The molecule has 1 aromatic carbocycles. The van der Waals surface area contributed by atoms with Crippen LogP contribution in [0.15, 0.2) is 24.3 Å². The highest BCUT2D eigenvalue weighted by molar-refractivity contribution is 7.91. The molecule has 1 aliphatic heterocycles. The van der Waals surface area contributed by atoms with Gasteiger partial charge in [0.15, 0.2) is 14.9 Å². The standard InChI is InChI=1S/C15H22N2O2S2/c1-3-9-17(14-8-10-21(18,19)11-14)15(20)16-13-6-4-12(2)5-7-13/h4-7,14H,3,8-11H2,1-2H3,(H,16,20)/t14-/m1/s1. The molecule has 0 spiro atoms. The fraction of sp³-hybridized carbons (Fsp3) is 0.533. The number of aryl methyl sites for hydroxylation is 1. The lowest BCUT2D eigenvalue weighted by atomic mass is 10.2. The van der Waals surface area contributed by atoms with Crippen LogP contribution >= 0.6 is 12.2 Å². The van der Waals surface area contributed by atoms with E-state index in [2.05, 4.69) is 12.2 Å². The maximum Gasteiger partial charge on any atom is 0.173 e. The highest BCUT2D eigenvalue weighted by Gasteiger charge is 2.33. The monoisotopic (exact) mass is 326 g/mol. The molecule has 1 atom stereocenters. The van der Waals surface area contributed by atoms with Crippen LogP contribution in [0.4, 0.5) is 5.69 Å². The zero-order chi connectivity index (χ0) is 15.5. The Morgan fingerprint density at radius 2 is 2.05 bits per heavy atom. The molecule has 6 heteroatoms. The third-order valence-corrected chi connectivity index (χ3v) is 5.76. The number of benzene rings is 1. The first kappa shape index (κ1) is 16.2. The predicted octanol–water partition coefficient (Wildman–Crippen LogP) is 2.59. The molecule has 4 nitrogen and oxygen atoms in total. The van der Waals surface area contributed by atoms with Crippen molar-refractivity contribution in [2.75, 3.05) is 23.4 Å². The van der Waals surface area contributed by atoms with E-state index in [4.69, 9.17) is 12.2 Å². The molecule has 1 fully saturated rings. The van der Waals surface area contributed by atoms with Crippen molar-refractivity contribution >= 4 is 32.9 Å². The SMILES string of the molecule is CCCN(C(=S)Nc1ccc(C)cc1)[C@@H]1CCS(=O)(=O)C1. The minimum absolute atomic E-state index is 0.000369. The number of hydrogen-bond donors (Lipinski definition) is 1. The van der Waals surface area contributed by atoms with Crippen LogP contribution in [0, 0.1) is 6.92 Å². The van der Waals surface area contributed by atoms with E-state index in [1.54, 1.807) is 0 Å². The largest absolute Gasteiger partial charge is 0.345 e. The van der Waals surface area contributed by atoms with Crippen LogP contribution in [0.3, 0.4) is 0 Å². The van der Waals surface area contributed by atoms with Crippen molar-refractivity contribution in [1.29, 1.82) is 0 Å². The van der Waals surface area contributed by atoms with Gasteiger partial charge in [-0.1, -0.05) is 24.6 Å². The normalized spacial score (nSPS) is 20.2. The van der Waals surface area contributed by atoms with Crippen molar-refractivity contribution in [2.45, 2.75) is 32.7 Å². The Morgan fingerprint density at radius 3 is 2.57 bits per heavy atom. The van der Waals surface area contributed by atoms with Gasteiger partial charge in [0.25, 0.3) is 0 Å². The molecule has 0 radical (unpaired) electrons. The Hall–Kier alpha value is -1.14. The van der Waals surface area contributed by atoms with E-state index in [1.165, 1.54) is 5.56 Å². The van der Waals surface area contributed by atoms with Gasteiger partial charge < -0.3 is 10.2 Å². The molecular formula is C15H22N2O2S2. The van der Waals surface area contributed by atoms with Crippen molar-refractivity contribution in [1.82, 2.24) is 4.90 Å². The van der Waals surface area contributed by atoms with Crippen molar-refractivity contribution < 1.29 is 8.42 Å². The first-order chi connectivity index (χ1) is 9.91. The lowest BCUT2D eigenvalue weighted by Crippen LogP contribution is -2.43. The van der Waals surface area contributed by atoms with E-state index in [0.29, 0.717) is 11.5 Å². The second kappa shape index (κ2) is 6.75. The van der Waals surface area contributed by atoms with Crippen LogP contribution in [-0.4, -0.2) is 42.5 Å². The fourth-order valence-electron chi connectivity index (χ4n) is 2.54. The first-order valence-corrected chi connectivity index (χ1v) is 9.49. The van der Waals surface area contributed by atoms with Crippen LogP contribution in [0.25, 0.3) is 0 Å². The van der Waals surface area contributed by atoms with Gasteiger partial charge in [-0.2, -0.15) is 0 Å². The second-order valence-electron chi connectivity index (χ2n) is 5.55. The summed E-state index contributed by atoms with van der Waals surface area (Å²) in [5, 5.41) is 3.83. The fourth-order valence-corrected chi connectivity index (χ4v) is 4.63. The molecule has 1 aliphatic rings. The summed E-state index contributed by atoms with van der Waals surface area (Å²) < 4.78 is 23.4. The molecule has 116 valence electrons. The molecule has 0 bridgehead atoms. The smallest absolute Gasteiger partial charge is 0.173 e. The van der Waals surface area contributed by atoms with E-state index in [-0.39, 0.29) is 17.5 Å². The topological polar surface area (TPSA) is 49.4 Å². The Labute approximate surface area is 132 Å². The number of thiocarbonyl (C=S) groups is 1. The second-order valence-corrected chi connectivity index (χ2v) is 8.16. The Bertz CT molecular complexity index is 597. The minimum Gasteiger partial charge on any atom is -0.345 e. The van der Waals surface area contributed by atoms with Crippen molar-refractivity contribution in [3.63, 3.8) is 0 Å². The maximum absolute atomic E-state index is 11.7. The molecule has 1 N–H and O–H groups in total. The van der Waals surface area contributed by atoms with Crippen LogP contribution < -0.4 is 5.32 Å². The third-order valence-electron chi connectivity index (χ3n) is 3.68. The number of anilines is 1. The van der Waals surface area contributed by atoms with Gasteiger partial charge in [-0.05, 0) is 44.1 Å². The van der Waals surface area contributed by atoms with Gasteiger partial charge in [-0.3, -0.25) is 0 Å². The average molecular weight is 326 g/mol. The lowest BCUT2D eigenvalue weighted by Gasteiger charge is -2.30. The summed E-state index contributed by atoms with van der Waals surface area (Å²) in [5.41, 5.74) is 2.13. The van der Waals surface area contributed by atoms with E-state index in [9.17, 15) is 8.42 Å². The average Bonchev–Trinajstić information content (AvgIpc) is 2.78. The molecule has 0 amide bonds. The zero-order valence-electron chi connectivity index (χ0n) is 12.5. The number of nitrogens with one attached hydrogen (secondary N) is 1. The highest BCUT2D eigenvalue weighted by Crippen LogP contribution is 2.20. The van der Waals surface area contributed by atoms with E-state index in [0.717, 1.165) is 18.7 Å². The molecule has 21 heavy (non-hydrogen) atoms. The van der Waals surface area contributed by atoms with Gasteiger partial charge in [0.05, 0.1) is 11.5 Å². The molecule has 2 rings (SSSR count). The number of sulfone groups is 1. The van der Waals surface area contributed by atoms with Crippen LogP contribution in [-0.2, 0) is 9.84 Å². The summed E-state index contributed by atoms with van der Waals surface area (Å²) in [6.45, 7) is 4.89. The van der Waals surface area contributed by atoms with Gasteiger partial charge in [0.2, 0.25) is 0 Å². The van der Waals surface area contributed by atoms with Crippen LogP contribution in [0.1, 0.15) is 25.3 Å².